The second-order valence-corrected chi connectivity index (χ2v) is 7.95. The molecule has 0 aliphatic rings. The number of carbonyl (C=O) groups excluding carboxylic acids is 1. The highest BCUT2D eigenvalue weighted by atomic mass is 32.1. The van der Waals surface area contributed by atoms with Gasteiger partial charge in [0.15, 0.2) is 0 Å². The lowest BCUT2D eigenvalue weighted by molar-refractivity contribution is 0.0945. The van der Waals surface area contributed by atoms with Crippen molar-refractivity contribution in [2.45, 2.75) is 33.2 Å². The SMILES string of the molecule is Cc1nc(CC(C)C)sc1C(=O)NCC(c1cccc(F)c1)N(C)C. The molecule has 1 heterocycles. The highest BCUT2D eigenvalue weighted by molar-refractivity contribution is 7.13. The molecule has 0 fully saturated rings. The fourth-order valence-electron chi connectivity index (χ4n) is 2.68. The summed E-state index contributed by atoms with van der Waals surface area (Å²) in [4.78, 5) is 19.7. The van der Waals surface area contributed by atoms with Crippen LogP contribution < -0.4 is 5.32 Å². The van der Waals surface area contributed by atoms with E-state index in [0.717, 1.165) is 22.7 Å². The van der Waals surface area contributed by atoms with E-state index in [0.29, 0.717) is 17.3 Å². The van der Waals surface area contributed by atoms with Crippen LogP contribution in [0.15, 0.2) is 24.3 Å². The number of nitrogens with one attached hydrogen (secondary N) is 1. The van der Waals surface area contributed by atoms with E-state index in [1.807, 2.05) is 32.0 Å². The lowest BCUT2D eigenvalue weighted by atomic mass is 10.1. The number of aromatic nitrogens is 1. The minimum Gasteiger partial charge on any atom is -0.349 e. The fraction of sp³-hybridized carbons (Fsp3) is 0.474. The molecule has 0 aliphatic carbocycles. The zero-order valence-electron chi connectivity index (χ0n) is 15.5. The summed E-state index contributed by atoms with van der Waals surface area (Å²) < 4.78 is 13.5. The Labute approximate surface area is 153 Å². The van der Waals surface area contributed by atoms with E-state index in [-0.39, 0.29) is 17.8 Å². The van der Waals surface area contributed by atoms with Crippen LogP contribution in [-0.2, 0) is 6.42 Å². The van der Waals surface area contributed by atoms with Crippen LogP contribution in [0.25, 0.3) is 0 Å². The van der Waals surface area contributed by atoms with Gasteiger partial charge in [0.25, 0.3) is 5.91 Å². The maximum Gasteiger partial charge on any atom is 0.263 e. The molecule has 1 N–H and O–H groups in total. The quantitative estimate of drug-likeness (QED) is 0.813. The van der Waals surface area contributed by atoms with E-state index >= 15 is 0 Å². The highest BCUT2D eigenvalue weighted by Crippen LogP contribution is 2.22. The van der Waals surface area contributed by atoms with Gasteiger partial charge in [0.1, 0.15) is 10.7 Å². The first kappa shape index (κ1) is 19.5. The second-order valence-electron chi connectivity index (χ2n) is 6.86. The number of nitrogens with zero attached hydrogens (tertiary/aromatic N) is 2. The molecule has 1 aromatic carbocycles. The van der Waals surface area contributed by atoms with Crippen molar-refractivity contribution < 1.29 is 9.18 Å². The predicted octanol–water partition coefficient (Wildman–Crippen LogP) is 3.82. The van der Waals surface area contributed by atoms with Crippen molar-refractivity contribution in [2.24, 2.45) is 5.92 Å². The third kappa shape index (κ3) is 5.34. The highest BCUT2D eigenvalue weighted by Gasteiger charge is 2.19. The first-order chi connectivity index (χ1) is 11.8. The van der Waals surface area contributed by atoms with E-state index in [2.05, 4.69) is 24.1 Å². The molecule has 0 radical (unpaired) electrons. The number of aryl methyl sites for hydroxylation is 1. The number of thiazole rings is 1. The van der Waals surface area contributed by atoms with Crippen LogP contribution in [0.4, 0.5) is 4.39 Å². The van der Waals surface area contributed by atoms with Crippen molar-refractivity contribution >= 4 is 17.2 Å². The molecule has 1 atom stereocenters. The summed E-state index contributed by atoms with van der Waals surface area (Å²) >= 11 is 1.46. The average molecular weight is 364 g/mol. The Bertz CT molecular complexity index is 727. The van der Waals surface area contributed by atoms with Gasteiger partial charge in [-0.15, -0.1) is 11.3 Å². The van der Waals surface area contributed by atoms with Crippen molar-refractivity contribution in [3.8, 4) is 0 Å². The Balaban J connectivity index is 2.08. The molecule has 4 nitrogen and oxygen atoms in total. The van der Waals surface area contributed by atoms with Crippen LogP contribution in [0.3, 0.4) is 0 Å². The van der Waals surface area contributed by atoms with Gasteiger partial charge in [0.05, 0.1) is 16.7 Å². The normalized spacial score (nSPS) is 12.6. The molecular formula is C19H26FN3OS. The standard InChI is InChI=1S/C19H26FN3OS/c1-12(2)9-17-22-13(3)18(25-17)19(24)21-11-16(23(4)5)14-7-6-8-15(20)10-14/h6-8,10,12,16H,9,11H2,1-5H3,(H,21,24). The van der Waals surface area contributed by atoms with E-state index in [1.165, 1.54) is 23.5 Å². The number of rotatable bonds is 7. The zero-order valence-corrected chi connectivity index (χ0v) is 16.3. The van der Waals surface area contributed by atoms with E-state index in [9.17, 15) is 9.18 Å². The van der Waals surface area contributed by atoms with Gasteiger partial charge in [0.2, 0.25) is 0 Å². The number of carbonyl (C=O) groups is 1. The molecule has 0 bridgehead atoms. The Morgan fingerprint density at radius 2 is 2.08 bits per heavy atom. The molecule has 136 valence electrons. The van der Waals surface area contributed by atoms with Crippen molar-refractivity contribution in [3.05, 3.63) is 51.2 Å². The van der Waals surface area contributed by atoms with Crippen LogP contribution in [0.1, 0.15) is 45.8 Å². The molecule has 0 saturated carbocycles. The third-order valence-electron chi connectivity index (χ3n) is 3.94. The first-order valence-corrected chi connectivity index (χ1v) is 9.26. The van der Waals surface area contributed by atoms with Crippen LogP contribution in [0.2, 0.25) is 0 Å². The monoisotopic (exact) mass is 363 g/mol. The molecule has 2 aromatic rings. The summed E-state index contributed by atoms with van der Waals surface area (Å²) in [5.41, 5.74) is 1.61. The van der Waals surface area contributed by atoms with E-state index in [4.69, 9.17) is 0 Å². The van der Waals surface area contributed by atoms with Gasteiger partial charge < -0.3 is 10.2 Å². The van der Waals surface area contributed by atoms with Crippen molar-refractivity contribution in [3.63, 3.8) is 0 Å². The molecule has 0 spiro atoms. The summed E-state index contributed by atoms with van der Waals surface area (Å²) in [5, 5.41) is 3.97. The number of hydrogen-bond acceptors (Lipinski definition) is 4. The summed E-state index contributed by atoms with van der Waals surface area (Å²) in [7, 11) is 3.83. The molecule has 0 saturated heterocycles. The van der Waals surface area contributed by atoms with Crippen LogP contribution >= 0.6 is 11.3 Å². The molecular weight excluding hydrogens is 337 g/mol. The van der Waals surface area contributed by atoms with E-state index < -0.39 is 0 Å². The smallest absolute Gasteiger partial charge is 0.263 e. The van der Waals surface area contributed by atoms with Crippen LogP contribution in [0, 0.1) is 18.7 Å². The maximum absolute atomic E-state index is 13.5. The Morgan fingerprint density at radius 3 is 2.68 bits per heavy atom. The van der Waals surface area contributed by atoms with Crippen molar-refractivity contribution in [1.29, 1.82) is 0 Å². The molecule has 6 heteroatoms. The largest absolute Gasteiger partial charge is 0.349 e. The number of benzene rings is 1. The van der Waals surface area contributed by atoms with Gasteiger partial charge in [-0.2, -0.15) is 0 Å². The first-order valence-electron chi connectivity index (χ1n) is 8.44. The van der Waals surface area contributed by atoms with Crippen molar-refractivity contribution in [1.82, 2.24) is 15.2 Å². The lowest BCUT2D eigenvalue weighted by Crippen LogP contribution is -2.34. The summed E-state index contributed by atoms with van der Waals surface area (Å²) in [6.45, 7) is 6.55. The van der Waals surface area contributed by atoms with Crippen molar-refractivity contribution in [2.75, 3.05) is 20.6 Å². The molecule has 2 rings (SSSR count). The second kappa shape index (κ2) is 8.54. The molecule has 1 aromatic heterocycles. The molecule has 25 heavy (non-hydrogen) atoms. The predicted molar refractivity (Wildman–Crippen MR) is 101 cm³/mol. The third-order valence-corrected chi connectivity index (χ3v) is 5.12. The zero-order chi connectivity index (χ0) is 18.6. The number of hydrogen-bond donors (Lipinski definition) is 1. The Morgan fingerprint density at radius 1 is 1.36 bits per heavy atom. The van der Waals surface area contributed by atoms with Gasteiger partial charge in [-0.3, -0.25) is 4.79 Å². The minimum absolute atomic E-state index is 0.0944. The lowest BCUT2D eigenvalue weighted by Gasteiger charge is -2.25. The summed E-state index contributed by atoms with van der Waals surface area (Å²) in [6.07, 6.45) is 0.877. The molecule has 1 unspecified atom stereocenters. The topological polar surface area (TPSA) is 45.2 Å². The van der Waals surface area contributed by atoms with Gasteiger partial charge >= 0.3 is 0 Å². The summed E-state index contributed by atoms with van der Waals surface area (Å²) in [5.74, 6) is 0.119. The van der Waals surface area contributed by atoms with Crippen LogP contribution in [0.5, 0.6) is 0 Å². The van der Waals surface area contributed by atoms with E-state index in [1.54, 1.807) is 6.07 Å². The van der Waals surface area contributed by atoms with Gasteiger partial charge in [-0.25, -0.2) is 9.37 Å². The maximum atomic E-state index is 13.5. The fourth-order valence-corrected chi connectivity index (χ4v) is 3.87. The van der Waals surface area contributed by atoms with Gasteiger partial charge in [-0.1, -0.05) is 26.0 Å². The summed E-state index contributed by atoms with van der Waals surface area (Å²) in [6, 6.07) is 6.40. The Kier molecular flexibility index (Phi) is 6.67. The van der Waals surface area contributed by atoms with Gasteiger partial charge in [-0.05, 0) is 44.6 Å². The minimum atomic E-state index is -0.271. The van der Waals surface area contributed by atoms with Gasteiger partial charge in [0, 0.05) is 13.0 Å². The molecule has 0 aliphatic heterocycles. The number of halogens is 1. The Hall–Kier alpha value is -1.79. The van der Waals surface area contributed by atoms with Crippen LogP contribution in [-0.4, -0.2) is 36.4 Å². The number of amides is 1. The number of likely N-dealkylation sites (N-methyl/N-ethyl adjacent to an activating group) is 1. The average Bonchev–Trinajstić information content (AvgIpc) is 2.86. The molecule has 1 amide bonds.